The fourth-order valence-corrected chi connectivity index (χ4v) is 0.785. The molecule has 1 N–H and O–H groups in total. The molecular formula is C5H8LiNO. The molecule has 0 aromatic heterocycles. The first-order chi connectivity index (χ1) is 3.43. The van der Waals surface area contributed by atoms with Crippen molar-refractivity contribution in [2.75, 3.05) is 6.54 Å². The van der Waals surface area contributed by atoms with Crippen molar-refractivity contribution in [2.24, 2.45) is 0 Å². The second-order valence-electron chi connectivity index (χ2n) is 1.77. The van der Waals surface area contributed by atoms with Crippen LogP contribution in [0.2, 0.25) is 0 Å². The van der Waals surface area contributed by atoms with Gasteiger partial charge < -0.3 is 10.1 Å². The van der Waals surface area contributed by atoms with Gasteiger partial charge in [0.1, 0.15) is 0 Å². The van der Waals surface area contributed by atoms with Crippen molar-refractivity contribution in [3.63, 3.8) is 0 Å². The molecule has 1 aliphatic heterocycles. The maximum absolute atomic E-state index is 9.82. The second-order valence-corrected chi connectivity index (χ2v) is 1.77. The van der Waals surface area contributed by atoms with Crippen LogP contribution in [0.1, 0.15) is 12.8 Å². The molecule has 0 aromatic carbocycles. The molecule has 1 saturated heterocycles. The standard InChI is InChI=1S/C5H8NO.Li/c7-4-5-2-1-3-6-5;/h5-6H,1-3H2;/q-1;+1/t5-;/m0./s1. The topological polar surface area (TPSA) is 29.1 Å². The number of carbonyl (C=O) groups excluding carboxylic acids is 1. The Balaban J connectivity index is 0.000000490. The van der Waals surface area contributed by atoms with E-state index in [1.165, 1.54) is 0 Å². The van der Waals surface area contributed by atoms with Crippen molar-refractivity contribution in [1.82, 2.24) is 5.32 Å². The van der Waals surface area contributed by atoms with E-state index in [4.69, 9.17) is 0 Å². The van der Waals surface area contributed by atoms with Gasteiger partial charge in [0, 0.05) is 0 Å². The molecule has 1 fully saturated rings. The van der Waals surface area contributed by atoms with Crippen LogP contribution < -0.4 is 24.2 Å². The summed E-state index contributed by atoms with van der Waals surface area (Å²) in [6, 6.07) is 0.0417. The molecule has 1 heterocycles. The summed E-state index contributed by atoms with van der Waals surface area (Å²) in [5.74, 6) is 0. The van der Waals surface area contributed by atoms with Gasteiger partial charge >= 0.3 is 18.9 Å². The van der Waals surface area contributed by atoms with Gasteiger partial charge in [-0.15, -0.1) is 0 Å². The molecule has 0 bridgehead atoms. The maximum Gasteiger partial charge on any atom is 1.00 e. The summed E-state index contributed by atoms with van der Waals surface area (Å²) in [7, 11) is 0. The van der Waals surface area contributed by atoms with Crippen LogP contribution in [0.5, 0.6) is 0 Å². The van der Waals surface area contributed by atoms with Crippen molar-refractivity contribution >= 4 is 6.29 Å². The Labute approximate surface area is 61.2 Å². The van der Waals surface area contributed by atoms with Crippen LogP contribution in [0.25, 0.3) is 0 Å². The quantitative estimate of drug-likeness (QED) is 0.282. The minimum atomic E-state index is 0. The number of nitrogens with one attached hydrogen (secondary N) is 1. The van der Waals surface area contributed by atoms with Gasteiger partial charge in [-0.25, -0.2) is 6.29 Å². The molecular weight excluding hydrogens is 97.0 g/mol. The van der Waals surface area contributed by atoms with Crippen molar-refractivity contribution in [1.29, 1.82) is 0 Å². The summed E-state index contributed by atoms with van der Waals surface area (Å²) in [6.07, 6.45) is 4.00. The van der Waals surface area contributed by atoms with Crippen LogP contribution >= 0.6 is 0 Å². The zero-order valence-corrected chi connectivity index (χ0v) is 5.11. The summed E-state index contributed by atoms with van der Waals surface area (Å²) in [6.45, 7) is 0.986. The van der Waals surface area contributed by atoms with Crippen LogP contribution in [0.3, 0.4) is 0 Å². The molecule has 0 aliphatic carbocycles. The van der Waals surface area contributed by atoms with Crippen molar-refractivity contribution in [3.8, 4) is 0 Å². The fraction of sp³-hybridized carbons (Fsp3) is 0.800. The molecule has 0 amide bonds. The zero-order valence-electron chi connectivity index (χ0n) is 5.11. The molecule has 0 saturated carbocycles. The van der Waals surface area contributed by atoms with Crippen molar-refractivity contribution < 1.29 is 23.7 Å². The Morgan fingerprint density at radius 1 is 1.62 bits per heavy atom. The van der Waals surface area contributed by atoms with E-state index < -0.39 is 0 Å². The summed E-state index contributed by atoms with van der Waals surface area (Å²) in [5, 5.41) is 2.98. The molecule has 0 spiro atoms. The minimum absolute atomic E-state index is 0. The molecule has 0 radical (unpaired) electrons. The second kappa shape index (κ2) is 4.14. The summed E-state index contributed by atoms with van der Waals surface area (Å²) < 4.78 is 0. The average molecular weight is 105 g/mol. The molecule has 2 nitrogen and oxygen atoms in total. The van der Waals surface area contributed by atoms with Gasteiger partial charge in [0.25, 0.3) is 0 Å². The molecule has 1 atom stereocenters. The van der Waals surface area contributed by atoms with E-state index in [0.717, 1.165) is 19.4 Å². The first-order valence-corrected chi connectivity index (χ1v) is 2.54. The van der Waals surface area contributed by atoms with E-state index in [-0.39, 0.29) is 24.9 Å². The van der Waals surface area contributed by atoms with E-state index in [1.54, 1.807) is 0 Å². The van der Waals surface area contributed by atoms with Gasteiger partial charge in [-0.3, -0.25) is 0 Å². The monoisotopic (exact) mass is 105 g/mol. The minimum Gasteiger partial charge on any atom is -0.540 e. The molecule has 8 heavy (non-hydrogen) atoms. The molecule has 1 aliphatic rings. The van der Waals surface area contributed by atoms with E-state index in [2.05, 4.69) is 5.32 Å². The van der Waals surface area contributed by atoms with E-state index in [1.807, 2.05) is 6.29 Å². The van der Waals surface area contributed by atoms with Gasteiger partial charge in [0.2, 0.25) is 0 Å². The number of rotatable bonds is 1. The Kier molecular flexibility index (Phi) is 4.26. The van der Waals surface area contributed by atoms with Crippen LogP contribution in [-0.2, 0) is 4.79 Å². The molecule has 0 unspecified atom stereocenters. The van der Waals surface area contributed by atoms with Gasteiger partial charge in [-0.05, 0) is 13.0 Å². The normalized spacial score (nSPS) is 26.8. The largest absolute Gasteiger partial charge is 1.00 e. The van der Waals surface area contributed by atoms with Gasteiger partial charge in [-0.2, -0.15) is 0 Å². The molecule has 3 heteroatoms. The predicted octanol–water partition coefficient (Wildman–Crippen LogP) is -3.15. The Morgan fingerprint density at radius 2 is 2.38 bits per heavy atom. The first-order valence-electron chi connectivity index (χ1n) is 2.54. The third kappa shape index (κ3) is 2.00. The van der Waals surface area contributed by atoms with Crippen molar-refractivity contribution in [2.45, 2.75) is 18.9 Å². The van der Waals surface area contributed by atoms with Crippen LogP contribution in [0.4, 0.5) is 0 Å². The predicted molar refractivity (Wildman–Crippen MR) is 26.7 cm³/mol. The average Bonchev–Trinajstić information content (AvgIpc) is 2.14. The number of hydrogen-bond donors (Lipinski definition) is 1. The van der Waals surface area contributed by atoms with Crippen LogP contribution in [-0.4, -0.2) is 18.9 Å². The zero-order chi connectivity index (χ0) is 5.11. The van der Waals surface area contributed by atoms with E-state index in [0.29, 0.717) is 0 Å². The molecule has 1 rings (SSSR count). The molecule has 0 aromatic rings. The maximum atomic E-state index is 9.82. The Bertz CT molecular complexity index is 70.8. The van der Waals surface area contributed by atoms with Gasteiger partial charge in [0.05, 0.1) is 0 Å². The first kappa shape index (κ1) is 8.23. The summed E-state index contributed by atoms with van der Waals surface area (Å²) in [5.41, 5.74) is 0. The third-order valence-electron chi connectivity index (χ3n) is 1.20. The van der Waals surface area contributed by atoms with Gasteiger partial charge in [-0.1, -0.05) is 12.5 Å². The smallest absolute Gasteiger partial charge is 0.540 e. The summed E-state index contributed by atoms with van der Waals surface area (Å²) in [4.78, 5) is 9.82. The van der Waals surface area contributed by atoms with Gasteiger partial charge in [0.15, 0.2) is 0 Å². The van der Waals surface area contributed by atoms with Crippen molar-refractivity contribution in [3.05, 3.63) is 0 Å². The fourth-order valence-electron chi connectivity index (χ4n) is 0.785. The third-order valence-corrected chi connectivity index (χ3v) is 1.20. The number of hydrogen-bond acceptors (Lipinski definition) is 2. The SMILES string of the molecule is O=[C-][C@@H]1CCCN1.[Li+]. The van der Waals surface area contributed by atoms with Crippen LogP contribution in [0.15, 0.2) is 0 Å². The summed E-state index contributed by atoms with van der Waals surface area (Å²) >= 11 is 0. The Morgan fingerprint density at radius 3 is 2.62 bits per heavy atom. The van der Waals surface area contributed by atoms with E-state index in [9.17, 15) is 4.79 Å². The Hall–Kier alpha value is 0.227. The molecule has 40 valence electrons. The van der Waals surface area contributed by atoms with Crippen LogP contribution in [0, 0.1) is 0 Å². The van der Waals surface area contributed by atoms with E-state index >= 15 is 0 Å².